The molecule has 0 N–H and O–H groups in total. The molecule has 4 aromatic rings. The second-order valence-electron chi connectivity index (χ2n) is 8.84. The Balaban J connectivity index is 1.44. The van der Waals surface area contributed by atoms with Crippen molar-refractivity contribution in [3.05, 3.63) is 101 Å². The third-order valence-corrected chi connectivity index (χ3v) is 7.39. The number of alkyl halides is 2. The van der Waals surface area contributed by atoms with Crippen LogP contribution >= 0.6 is 11.3 Å². The van der Waals surface area contributed by atoms with Crippen LogP contribution in [-0.2, 0) is 6.11 Å². The maximum absolute atomic E-state index is 14.8. The van der Waals surface area contributed by atoms with Crippen molar-refractivity contribution in [2.75, 3.05) is 0 Å². The van der Waals surface area contributed by atoms with Gasteiger partial charge in [-0.1, -0.05) is 18.2 Å². The van der Waals surface area contributed by atoms with E-state index in [0.29, 0.717) is 23.6 Å². The van der Waals surface area contributed by atoms with Crippen LogP contribution in [0.1, 0.15) is 30.4 Å². The Hall–Kier alpha value is -3.66. The summed E-state index contributed by atoms with van der Waals surface area (Å²) in [6, 6.07) is 7.28. The van der Waals surface area contributed by atoms with Crippen LogP contribution in [0.3, 0.4) is 0 Å². The zero-order valence-corrected chi connectivity index (χ0v) is 20.3. The first kappa shape index (κ1) is 26.0. The van der Waals surface area contributed by atoms with Gasteiger partial charge in [0.15, 0.2) is 17.5 Å². The third-order valence-electron chi connectivity index (χ3n) is 6.33. The Labute approximate surface area is 216 Å². The molecular formula is C28H18F7NOS. The fourth-order valence-electron chi connectivity index (χ4n) is 4.34. The van der Waals surface area contributed by atoms with Gasteiger partial charge in [-0.15, -0.1) is 17.9 Å². The summed E-state index contributed by atoms with van der Waals surface area (Å²) in [6.45, 7) is 3.84. The van der Waals surface area contributed by atoms with Crippen molar-refractivity contribution in [2.45, 2.75) is 25.4 Å². The van der Waals surface area contributed by atoms with Crippen LogP contribution in [0, 0.1) is 35.0 Å². The highest BCUT2D eigenvalue weighted by Crippen LogP contribution is 2.40. The van der Waals surface area contributed by atoms with Crippen LogP contribution in [0.5, 0.6) is 5.75 Å². The van der Waals surface area contributed by atoms with Crippen molar-refractivity contribution in [1.29, 1.82) is 0 Å². The third kappa shape index (κ3) is 4.92. The highest BCUT2D eigenvalue weighted by molar-refractivity contribution is 7.21. The number of halogens is 7. The molecule has 0 aliphatic heterocycles. The highest BCUT2D eigenvalue weighted by Gasteiger charge is 2.41. The molecule has 0 bridgehead atoms. The summed E-state index contributed by atoms with van der Waals surface area (Å²) in [5.41, 5.74) is 0.926. The number of hydrogen-bond acceptors (Lipinski definition) is 3. The fraction of sp³-hybridized carbons (Fsp3) is 0.179. The highest BCUT2D eigenvalue weighted by atomic mass is 32.1. The van der Waals surface area contributed by atoms with E-state index in [2.05, 4.69) is 22.4 Å². The van der Waals surface area contributed by atoms with Gasteiger partial charge in [0.1, 0.15) is 28.0 Å². The van der Waals surface area contributed by atoms with E-state index in [1.54, 1.807) is 6.07 Å². The topological polar surface area (TPSA) is 22.1 Å². The first-order valence-electron chi connectivity index (χ1n) is 11.5. The lowest BCUT2D eigenvalue weighted by Gasteiger charge is -2.20. The molecule has 1 heterocycles. The molecule has 10 heteroatoms. The van der Waals surface area contributed by atoms with Crippen LogP contribution in [-0.4, -0.2) is 4.98 Å². The van der Waals surface area contributed by atoms with E-state index in [0.717, 1.165) is 40.9 Å². The van der Waals surface area contributed by atoms with E-state index in [4.69, 9.17) is 0 Å². The Bertz CT molecular complexity index is 1550. The van der Waals surface area contributed by atoms with Gasteiger partial charge in [-0.3, -0.25) is 0 Å². The molecule has 0 saturated heterocycles. The number of ether oxygens (including phenoxy) is 1. The quantitative estimate of drug-likeness (QED) is 0.136. The van der Waals surface area contributed by atoms with Gasteiger partial charge < -0.3 is 4.74 Å². The lowest BCUT2D eigenvalue weighted by molar-refractivity contribution is -0.189. The molecule has 0 amide bonds. The normalized spacial score (nSPS) is 16.0. The van der Waals surface area contributed by atoms with Crippen LogP contribution in [0.25, 0.3) is 26.4 Å². The summed E-state index contributed by atoms with van der Waals surface area (Å²) in [6.07, 6.45) is 2.23. The van der Waals surface area contributed by atoms with Gasteiger partial charge in [-0.05, 0) is 60.6 Å². The van der Waals surface area contributed by atoms with E-state index in [-0.39, 0.29) is 22.7 Å². The minimum absolute atomic E-state index is 0.0770. The first-order valence-corrected chi connectivity index (χ1v) is 12.3. The fourth-order valence-corrected chi connectivity index (χ4v) is 5.34. The number of aromatic nitrogens is 1. The second-order valence-corrected chi connectivity index (χ2v) is 9.87. The summed E-state index contributed by atoms with van der Waals surface area (Å²) in [7, 11) is 0. The maximum atomic E-state index is 14.8. The zero-order valence-electron chi connectivity index (χ0n) is 19.5. The van der Waals surface area contributed by atoms with Gasteiger partial charge in [0.25, 0.3) is 0 Å². The SMILES string of the molecule is C=CC1CC=C(c2ccc3nc(-c4cc(F)c(C(F)(F)Oc5cc(F)c(F)c(F)c5)c(F)c4)sc3c2)CC1. The summed E-state index contributed by atoms with van der Waals surface area (Å²) in [4.78, 5) is 4.38. The van der Waals surface area contributed by atoms with Gasteiger partial charge in [0, 0.05) is 17.7 Å². The molecule has 38 heavy (non-hydrogen) atoms. The van der Waals surface area contributed by atoms with Crippen LogP contribution in [0.2, 0.25) is 0 Å². The maximum Gasteiger partial charge on any atom is 0.432 e. The molecule has 1 aliphatic carbocycles. The van der Waals surface area contributed by atoms with Gasteiger partial charge >= 0.3 is 6.11 Å². The minimum atomic E-state index is -4.66. The number of benzene rings is 3. The number of allylic oxidation sites excluding steroid dienone is 3. The van der Waals surface area contributed by atoms with Gasteiger partial charge in [0.05, 0.1) is 10.2 Å². The van der Waals surface area contributed by atoms with Crippen LogP contribution in [0.4, 0.5) is 30.7 Å². The van der Waals surface area contributed by atoms with E-state index in [1.807, 2.05) is 18.2 Å². The molecule has 1 unspecified atom stereocenters. The largest absolute Gasteiger partial charge is 0.432 e. The smallest absolute Gasteiger partial charge is 0.429 e. The Morgan fingerprint density at radius 2 is 1.61 bits per heavy atom. The van der Waals surface area contributed by atoms with Crippen LogP contribution < -0.4 is 4.74 Å². The zero-order chi connectivity index (χ0) is 27.2. The van der Waals surface area contributed by atoms with Crippen LogP contribution in [0.15, 0.2) is 61.2 Å². The van der Waals surface area contributed by atoms with Crippen molar-refractivity contribution in [3.8, 4) is 16.3 Å². The van der Waals surface area contributed by atoms with Crippen molar-refractivity contribution in [1.82, 2.24) is 4.98 Å². The second kappa shape index (κ2) is 9.90. The average molecular weight is 550 g/mol. The first-order chi connectivity index (χ1) is 18.1. The van der Waals surface area contributed by atoms with Crippen molar-refractivity contribution >= 4 is 27.1 Å². The number of hydrogen-bond donors (Lipinski definition) is 0. The van der Waals surface area contributed by atoms with Crippen molar-refractivity contribution in [3.63, 3.8) is 0 Å². The molecule has 1 atom stereocenters. The summed E-state index contributed by atoms with van der Waals surface area (Å²) < 4.78 is 104. The predicted molar refractivity (Wildman–Crippen MR) is 131 cm³/mol. The van der Waals surface area contributed by atoms with E-state index in [9.17, 15) is 30.7 Å². The molecule has 0 radical (unpaired) electrons. The van der Waals surface area contributed by atoms with Crippen molar-refractivity contribution in [2.24, 2.45) is 5.92 Å². The van der Waals surface area contributed by atoms with Gasteiger partial charge in [0.2, 0.25) is 0 Å². The molecule has 2 nitrogen and oxygen atoms in total. The van der Waals surface area contributed by atoms with Gasteiger partial charge in [-0.25, -0.2) is 26.9 Å². The number of nitrogens with zero attached hydrogens (tertiary/aromatic N) is 1. The van der Waals surface area contributed by atoms with E-state index in [1.165, 1.54) is 5.57 Å². The molecular weight excluding hydrogens is 531 g/mol. The van der Waals surface area contributed by atoms with E-state index < -0.39 is 46.5 Å². The Morgan fingerprint density at radius 3 is 2.21 bits per heavy atom. The monoisotopic (exact) mass is 549 g/mol. The predicted octanol–water partition coefficient (Wildman–Crippen LogP) is 9.16. The molecule has 5 rings (SSSR count). The standard InChI is InChI=1S/C28H18F7NOS/c1-2-14-3-5-15(6-4-14)16-7-8-23-24(11-16)38-27(36-23)17-9-19(29)25(20(30)10-17)28(34,35)37-18-12-21(31)26(33)22(32)13-18/h2,5,7-14H,1,3-4,6H2. The molecule has 3 aromatic carbocycles. The average Bonchev–Trinajstić information content (AvgIpc) is 3.30. The summed E-state index contributed by atoms with van der Waals surface area (Å²) >= 11 is 1.15. The lowest BCUT2D eigenvalue weighted by Crippen LogP contribution is -2.25. The Morgan fingerprint density at radius 1 is 0.921 bits per heavy atom. The lowest BCUT2D eigenvalue weighted by atomic mass is 9.87. The molecule has 0 fully saturated rings. The summed E-state index contributed by atoms with van der Waals surface area (Å²) in [5.74, 6) is -9.51. The van der Waals surface area contributed by atoms with Gasteiger partial charge in [-0.2, -0.15) is 8.78 Å². The molecule has 0 saturated carbocycles. The summed E-state index contributed by atoms with van der Waals surface area (Å²) in [5, 5.41) is 0.206. The molecule has 0 spiro atoms. The molecule has 196 valence electrons. The van der Waals surface area contributed by atoms with Crippen molar-refractivity contribution < 1.29 is 35.5 Å². The number of fused-ring (bicyclic) bond motifs is 1. The minimum Gasteiger partial charge on any atom is -0.429 e. The molecule has 1 aromatic heterocycles. The molecule has 1 aliphatic rings. The number of thiazole rings is 1. The Kier molecular flexibility index (Phi) is 6.77. The number of rotatable bonds is 6. The van der Waals surface area contributed by atoms with E-state index >= 15 is 0 Å².